The first-order valence-corrected chi connectivity index (χ1v) is 5.11. The van der Waals surface area contributed by atoms with Gasteiger partial charge in [0.15, 0.2) is 0 Å². The monoisotopic (exact) mass is 221 g/mol. The number of hydrogen-bond acceptors (Lipinski definition) is 2. The van der Waals surface area contributed by atoms with E-state index in [1.165, 1.54) is 0 Å². The first kappa shape index (κ1) is 10.2. The molecule has 0 unspecified atom stereocenters. The standard InChI is InChI=1S/C11H12ClN3/c1-13-6-11-7-14-8-15(11)10-4-2-9(12)3-5-10/h2-5,7-8,13H,6H2,1H3. The van der Waals surface area contributed by atoms with Gasteiger partial charge in [-0.2, -0.15) is 0 Å². The van der Waals surface area contributed by atoms with Crippen molar-refractivity contribution < 1.29 is 0 Å². The van der Waals surface area contributed by atoms with Gasteiger partial charge in [-0.15, -0.1) is 0 Å². The van der Waals surface area contributed by atoms with Crippen LogP contribution < -0.4 is 5.32 Å². The van der Waals surface area contributed by atoms with Gasteiger partial charge in [0.2, 0.25) is 0 Å². The fraction of sp³-hybridized carbons (Fsp3) is 0.182. The third-order valence-corrected chi connectivity index (χ3v) is 2.43. The molecule has 15 heavy (non-hydrogen) atoms. The molecule has 2 aromatic rings. The number of nitrogens with one attached hydrogen (secondary N) is 1. The maximum Gasteiger partial charge on any atom is 0.0994 e. The van der Waals surface area contributed by atoms with Crippen molar-refractivity contribution in [3.8, 4) is 5.69 Å². The summed E-state index contributed by atoms with van der Waals surface area (Å²) in [5.74, 6) is 0. The van der Waals surface area contributed by atoms with Crippen LogP contribution in [0.2, 0.25) is 5.02 Å². The van der Waals surface area contributed by atoms with E-state index < -0.39 is 0 Å². The summed E-state index contributed by atoms with van der Waals surface area (Å²) in [5, 5.41) is 3.85. The number of halogens is 1. The molecule has 1 aromatic carbocycles. The summed E-state index contributed by atoms with van der Waals surface area (Å²) in [6.07, 6.45) is 3.65. The smallest absolute Gasteiger partial charge is 0.0994 e. The summed E-state index contributed by atoms with van der Waals surface area (Å²) in [7, 11) is 1.92. The highest BCUT2D eigenvalue weighted by Gasteiger charge is 2.02. The maximum atomic E-state index is 5.84. The molecule has 0 fully saturated rings. The van der Waals surface area contributed by atoms with E-state index in [4.69, 9.17) is 11.6 Å². The Morgan fingerprint density at radius 3 is 2.73 bits per heavy atom. The van der Waals surface area contributed by atoms with Gasteiger partial charge in [0.05, 0.1) is 12.0 Å². The van der Waals surface area contributed by atoms with Crippen molar-refractivity contribution in [2.45, 2.75) is 6.54 Å². The summed E-state index contributed by atoms with van der Waals surface area (Å²) >= 11 is 5.84. The molecule has 1 heterocycles. The normalized spacial score (nSPS) is 10.5. The molecular formula is C11H12ClN3. The molecule has 1 aromatic heterocycles. The molecule has 0 aliphatic carbocycles. The molecule has 0 bridgehead atoms. The molecule has 0 aliphatic rings. The van der Waals surface area contributed by atoms with Gasteiger partial charge >= 0.3 is 0 Å². The van der Waals surface area contributed by atoms with Crippen molar-refractivity contribution in [1.82, 2.24) is 14.9 Å². The zero-order valence-corrected chi connectivity index (χ0v) is 9.20. The van der Waals surface area contributed by atoms with E-state index in [1.54, 1.807) is 6.33 Å². The lowest BCUT2D eigenvalue weighted by Crippen LogP contribution is -2.09. The number of benzene rings is 1. The highest BCUT2D eigenvalue weighted by Crippen LogP contribution is 2.15. The Morgan fingerprint density at radius 2 is 2.07 bits per heavy atom. The van der Waals surface area contributed by atoms with Crippen LogP contribution in [-0.4, -0.2) is 16.6 Å². The van der Waals surface area contributed by atoms with Gasteiger partial charge in [-0.1, -0.05) is 11.6 Å². The van der Waals surface area contributed by atoms with Gasteiger partial charge in [0.1, 0.15) is 0 Å². The van der Waals surface area contributed by atoms with Crippen LogP contribution in [0.15, 0.2) is 36.8 Å². The van der Waals surface area contributed by atoms with Crippen LogP contribution in [0.5, 0.6) is 0 Å². The molecule has 1 N–H and O–H groups in total. The lowest BCUT2D eigenvalue weighted by atomic mass is 10.3. The lowest BCUT2D eigenvalue weighted by Gasteiger charge is -2.07. The second-order valence-electron chi connectivity index (χ2n) is 3.26. The molecule has 0 saturated carbocycles. The van der Waals surface area contributed by atoms with Crippen molar-refractivity contribution in [1.29, 1.82) is 0 Å². The van der Waals surface area contributed by atoms with Crippen LogP contribution in [0.1, 0.15) is 5.69 Å². The molecule has 2 rings (SSSR count). The molecule has 0 saturated heterocycles. The predicted molar refractivity (Wildman–Crippen MR) is 61.3 cm³/mol. The average Bonchev–Trinajstić information content (AvgIpc) is 2.68. The predicted octanol–water partition coefficient (Wildman–Crippen LogP) is 2.25. The molecule has 0 radical (unpaired) electrons. The third kappa shape index (κ3) is 2.19. The van der Waals surface area contributed by atoms with E-state index in [0.29, 0.717) is 0 Å². The number of aromatic nitrogens is 2. The number of imidazole rings is 1. The van der Waals surface area contributed by atoms with Crippen LogP contribution in [0.25, 0.3) is 5.69 Å². The van der Waals surface area contributed by atoms with Crippen LogP contribution in [0.4, 0.5) is 0 Å². The Kier molecular flexibility index (Phi) is 3.04. The molecule has 0 spiro atoms. The lowest BCUT2D eigenvalue weighted by molar-refractivity contribution is 0.768. The van der Waals surface area contributed by atoms with E-state index >= 15 is 0 Å². The summed E-state index contributed by atoms with van der Waals surface area (Å²) in [6, 6.07) is 7.70. The largest absolute Gasteiger partial charge is 0.314 e. The minimum atomic E-state index is 0.744. The van der Waals surface area contributed by atoms with Gasteiger partial charge in [-0.3, -0.25) is 0 Å². The zero-order chi connectivity index (χ0) is 10.7. The van der Waals surface area contributed by atoms with E-state index in [-0.39, 0.29) is 0 Å². The molecule has 78 valence electrons. The van der Waals surface area contributed by atoms with E-state index in [2.05, 4.69) is 10.3 Å². The second kappa shape index (κ2) is 4.47. The molecule has 4 heteroatoms. The average molecular weight is 222 g/mol. The van der Waals surface area contributed by atoms with Crippen LogP contribution in [0, 0.1) is 0 Å². The minimum Gasteiger partial charge on any atom is -0.314 e. The van der Waals surface area contributed by atoms with E-state index in [9.17, 15) is 0 Å². The van der Waals surface area contributed by atoms with Crippen molar-refractivity contribution in [3.05, 3.63) is 47.5 Å². The van der Waals surface area contributed by atoms with Gasteiger partial charge in [0.25, 0.3) is 0 Å². The van der Waals surface area contributed by atoms with Crippen LogP contribution >= 0.6 is 11.6 Å². The fourth-order valence-electron chi connectivity index (χ4n) is 1.47. The van der Waals surface area contributed by atoms with Crippen molar-refractivity contribution in [2.75, 3.05) is 7.05 Å². The number of nitrogens with zero attached hydrogens (tertiary/aromatic N) is 2. The summed E-state index contributed by atoms with van der Waals surface area (Å²) in [6.45, 7) is 0.794. The highest BCUT2D eigenvalue weighted by molar-refractivity contribution is 6.30. The molecular weight excluding hydrogens is 210 g/mol. The van der Waals surface area contributed by atoms with E-state index in [0.717, 1.165) is 22.9 Å². The molecule has 0 aliphatic heterocycles. The first-order valence-electron chi connectivity index (χ1n) is 4.73. The fourth-order valence-corrected chi connectivity index (χ4v) is 1.59. The summed E-state index contributed by atoms with van der Waals surface area (Å²) in [4.78, 5) is 4.13. The Morgan fingerprint density at radius 1 is 1.33 bits per heavy atom. The number of rotatable bonds is 3. The van der Waals surface area contributed by atoms with Crippen molar-refractivity contribution in [3.63, 3.8) is 0 Å². The molecule has 3 nitrogen and oxygen atoms in total. The zero-order valence-electron chi connectivity index (χ0n) is 8.44. The van der Waals surface area contributed by atoms with Crippen molar-refractivity contribution >= 4 is 11.6 Å². The Labute approximate surface area is 93.7 Å². The first-order chi connectivity index (χ1) is 7.31. The van der Waals surface area contributed by atoms with Crippen LogP contribution in [-0.2, 0) is 6.54 Å². The maximum absolute atomic E-state index is 5.84. The Balaban J connectivity index is 2.36. The topological polar surface area (TPSA) is 29.9 Å². The van der Waals surface area contributed by atoms with Gasteiger partial charge in [-0.05, 0) is 31.3 Å². The van der Waals surface area contributed by atoms with Crippen LogP contribution in [0.3, 0.4) is 0 Å². The van der Waals surface area contributed by atoms with Crippen molar-refractivity contribution in [2.24, 2.45) is 0 Å². The third-order valence-electron chi connectivity index (χ3n) is 2.18. The Bertz CT molecular complexity index is 433. The van der Waals surface area contributed by atoms with Gasteiger partial charge < -0.3 is 9.88 Å². The molecule has 0 amide bonds. The highest BCUT2D eigenvalue weighted by atomic mass is 35.5. The SMILES string of the molecule is CNCc1cncn1-c1ccc(Cl)cc1. The number of hydrogen-bond donors (Lipinski definition) is 1. The summed E-state index contributed by atoms with van der Waals surface area (Å²) < 4.78 is 2.03. The minimum absolute atomic E-state index is 0.744. The second-order valence-corrected chi connectivity index (χ2v) is 3.70. The Hall–Kier alpha value is -1.32. The quantitative estimate of drug-likeness (QED) is 0.862. The van der Waals surface area contributed by atoms with Gasteiger partial charge in [0, 0.05) is 23.5 Å². The van der Waals surface area contributed by atoms with Gasteiger partial charge in [-0.25, -0.2) is 4.98 Å². The molecule has 0 atom stereocenters. The van der Waals surface area contributed by atoms with E-state index in [1.807, 2.05) is 42.1 Å². The summed E-state index contributed by atoms with van der Waals surface area (Å²) in [5.41, 5.74) is 2.20.